The largest absolute Gasteiger partial charge is 0.465 e. The Morgan fingerprint density at radius 3 is 3.06 bits per heavy atom. The number of methoxy groups -OCH3 is 1. The van der Waals surface area contributed by atoms with Gasteiger partial charge in [-0.2, -0.15) is 0 Å². The number of ether oxygens (including phenoxy) is 1. The van der Waals surface area contributed by atoms with Crippen LogP contribution in [0.2, 0.25) is 0 Å². The lowest BCUT2D eigenvalue weighted by Gasteiger charge is -2.05. The van der Waals surface area contributed by atoms with Gasteiger partial charge in [0.05, 0.1) is 7.11 Å². The molecule has 0 aliphatic heterocycles. The molecule has 90 valence electrons. The van der Waals surface area contributed by atoms with Crippen LogP contribution in [-0.2, 0) is 16.0 Å². The van der Waals surface area contributed by atoms with Crippen LogP contribution in [0, 0.1) is 5.82 Å². The van der Waals surface area contributed by atoms with Crippen molar-refractivity contribution >= 4 is 16.9 Å². The number of carbonyl (C=O) groups excluding carboxylic acids is 1. The van der Waals surface area contributed by atoms with E-state index in [9.17, 15) is 9.18 Å². The summed E-state index contributed by atoms with van der Waals surface area (Å²) in [6.45, 7) is 0. The van der Waals surface area contributed by atoms with Gasteiger partial charge in [-0.3, -0.25) is 0 Å². The van der Waals surface area contributed by atoms with Crippen LogP contribution in [0.5, 0.6) is 0 Å². The van der Waals surface area contributed by atoms with Gasteiger partial charge >= 0.3 is 5.97 Å². The molecule has 0 fully saturated rings. The number of esters is 1. The number of fused-ring (bicyclic) bond motifs is 1. The summed E-state index contributed by atoms with van der Waals surface area (Å²) in [5.41, 5.74) is 5.44. The number of nitrogens with one attached hydrogen (secondary N) is 1. The van der Waals surface area contributed by atoms with Crippen molar-refractivity contribution in [2.75, 3.05) is 7.11 Å². The molecule has 0 saturated carbocycles. The predicted octanol–water partition coefficient (Wildman–Crippen LogP) is 0.633. The Balaban J connectivity index is 2.30. The summed E-state index contributed by atoms with van der Waals surface area (Å²) in [7, 11) is 1.33. The van der Waals surface area contributed by atoms with Crippen LogP contribution in [0.4, 0.5) is 4.39 Å². The molecule has 2 rings (SSSR count). The minimum Gasteiger partial charge on any atom is -0.465 e. The van der Waals surface area contributed by atoms with Crippen LogP contribution in [0.15, 0.2) is 24.4 Å². The van der Waals surface area contributed by atoms with Crippen LogP contribution < -0.4 is 5.73 Å². The molecule has 4 N–H and O–H groups in total. The van der Waals surface area contributed by atoms with Gasteiger partial charge in [-0.1, -0.05) is 0 Å². The summed E-state index contributed by atoms with van der Waals surface area (Å²) < 4.78 is 17.7. The van der Waals surface area contributed by atoms with Gasteiger partial charge in [0.2, 0.25) is 0 Å². The van der Waals surface area contributed by atoms with Crippen molar-refractivity contribution in [3.05, 3.63) is 35.8 Å². The Hall–Kier alpha value is -1.88. The summed E-state index contributed by atoms with van der Waals surface area (Å²) in [6, 6.07) is 4.03. The van der Waals surface area contributed by atoms with Crippen molar-refractivity contribution in [1.29, 1.82) is 0 Å². The van der Waals surface area contributed by atoms with Gasteiger partial charge in [-0.25, -0.2) is 9.18 Å². The zero-order valence-corrected chi connectivity index (χ0v) is 9.50. The molecule has 1 heterocycles. The van der Waals surface area contributed by atoms with E-state index in [2.05, 4.69) is 15.5 Å². The number of benzene rings is 1. The van der Waals surface area contributed by atoms with Gasteiger partial charge in [0.15, 0.2) is 6.04 Å². The van der Waals surface area contributed by atoms with E-state index in [4.69, 9.17) is 0 Å². The van der Waals surface area contributed by atoms with Crippen LogP contribution in [0.25, 0.3) is 10.9 Å². The molecule has 0 bridgehead atoms. The number of hydrogen-bond acceptors (Lipinski definition) is 2. The first-order valence-corrected chi connectivity index (χ1v) is 5.28. The molecular formula is C12H14FN2O2+. The second kappa shape index (κ2) is 4.55. The molecule has 5 heteroatoms. The van der Waals surface area contributed by atoms with Crippen LogP contribution in [-0.4, -0.2) is 24.1 Å². The minimum atomic E-state index is -0.484. The van der Waals surface area contributed by atoms with Crippen molar-refractivity contribution in [3.63, 3.8) is 0 Å². The van der Waals surface area contributed by atoms with E-state index in [-0.39, 0.29) is 11.8 Å². The average molecular weight is 237 g/mol. The van der Waals surface area contributed by atoms with E-state index in [1.165, 1.54) is 19.2 Å². The van der Waals surface area contributed by atoms with E-state index in [0.29, 0.717) is 6.42 Å². The zero-order valence-electron chi connectivity index (χ0n) is 9.50. The Bertz CT molecular complexity index is 550. The lowest BCUT2D eigenvalue weighted by atomic mass is 10.1. The molecule has 0 aliphatic rings. The van der Waals surface area contributed by atoms with E-state index < -0.39 is 6.04 Å². The molecule has 1 unspecified atom stereocenters. The molecule has 0 amide bonds. The first-order chi connectivity index (χ1) is 8.11. The quantitative estimate of drug-likeness (QED) is 0.769. The fourth-order valence-corrected chi connectivity index (χ4v) is 1.83. The standard InChI is InChI=1S/C12H13FN2O2/c1-17-12(16)10(14)4-7-6-15-11-3-2-8(13)5-9(7)11/h2-3,5-6,10,15H,4,14H2,1H3/p+1. The summed E-state index contributed by atoms with van der Waals surface area (Å²) in [5.74, 6) is -0.659. The van der Waals surface area contributed by atoms with Gasteiger partial charge < -0.3 is 15.5 Å². The molecule has 1 aromatic heterocycles. The van der Waals surface area contributed by atoms with Gasteiger partial charge in [0, 0.05) is 23.5 Å². The van der Waals surface area contributed by atoms with E-state index >= 15 is 0 Å². The average Bonchev–Trinajstić information content (AvgIpc) is 2.71. The zero-order chi connectivity index (χ0) is 12.4. The molecule has 0 saturated heterocycles. The van der Waals surface area contributed by atoms with Crippen molar-refractivity contribution in [1.82, 2.24) is 4.98 Å². The van der Waals surface area contributed by atoms with Crippen molar-refractivity contribution in [2.24, 2.45) is 0 Å². The molecule has 2 aromatic rings. The third-order valence-corrected chi connectivity index (χ3v) is 2.73. The van der Waals surface area contributed by atoms with Crippen molar-refractivity contribution < 1.29 is 19.7 Å². The van der Waals surface area contributed by atoms with Gasteiger partial charge in [0.1, 0.15) is 5.82 Å². The third-order valence-electron chi connectivity index (χ3n) is 2.73. The molecular weight excluding hydrogens is 223 g/mol. The Labute approximate surface area is 97.6 Å². The topological polar surface area (TPSA) is 69.7 Å². The number of carbonyl (C=O) groups is 1. The number of H-pyrrole nitrogens is 1. The van der Waals surface area contributed by atoms with Gasteiger partial charge in [-0.15, -0.1) is 0 Å². The number of aromatic nitrogens is 1. The molecule has 0 aliphatic carbocycles. The van der Waals surface area contributed by atoms with Gasteiger partial charge in [0.25, 0.3) is 0 Å². The van der Waals surface area contributed by atoms with E-state index in [0.717, 1.165) is 16.5 Å². The van der Waals surface area contributed by atoms with Crippen LogP contribution >= 0.6 is 0 Å². The highest BCUT2D eigenvalue weighted by atomic mass is 19.1. The Morgan fingerprint density at radius 1 is 1.59 bits per heavy atom. The maximum Gasteiger partial charge on any atom is 0.364 e. The second-order valence-electron chi connectivity index (χ2n) is 3.93. The normalized spacial score (nSPS) is 12.6. The number of rotatable bonds is 3. The van der Waals surface area contributed by atoms with Crippen molar-refractivity contribution in [3.8, 4) is 0 Å². The summed E-state index contributed by atoms with van der Waals surface area (Å²) in [5, 5.41) is 0.780. The number of aromatic amines is 1. The fraction of sp³-hybridized carbons (Fsp3) is 0.250. The van der Waals surface area contributed by atoms with E-state index in [1.54, 1.807) is 12.3 Å². The first-order valence-electron chi connectivity index (χ1n) is 5.28. The third kappa shape index (κ3) is 2.29. The van der Waals surface area contributed by atoms with E-state index in [1.807, 2.05) is 0 Å². The number of halogens is 1. The number of quaternary nitrogens is 1. The first kappa shape index (κ1) is 11.6. The Morgan fingerprint density at radius 2 is 2.35 bits per heavy atom. The monoisotopic (exact) mass is 237 g/mol. The second-order valence-corrected chi connectivity index (χ2v) is 3.93. The smallest absolute Gasteiger partial charge is 0.364 e. The molecule has 0 radical (unpaired) electrons. The minimum absolute atomic E-state index is 0.294. The highest BCUT2D eigenvalue weighted by molar-refractivity contribution is 5.84. The van der Waals surface area contributed by atoms with Crippen molar-refractivity contribution in [2.45, 2.75) is 12.5 Å². The highest BCUT2D eigenvalue weighted by Crippen LogP contribution is 2.20. The lowest BCUT2D eigenvalue weighted by molar-refractivity contribution is -0.407. The molecule has 1 aromatic carbocycles. The maximum atomic E-state index is 13.1. The number of hydrogen-bond donors (Lipinski definition) is 2. The lowest BCUT2D eigenvalue weighted by Crippen LogP contribution is -2.66. The fourth-order valence-electron chi connectivity index (χ4n) is 1.83. The summed E-state index contributed by atoms with van der Waals surface area (Å²) in [4.78, 5) is 14.3. The van der Waals surface area contributed by atoms with Gasteiger partial charge in [-0.05, 0) is 23.8 Å². The SMILES string of the molecule is COC(=O)C([NH3+])Cc1c[nH]c2ccc(F)cc12. The Kier molecular flexibility index (Phi) is 3.10. The molecule has 4 nitrogen and oxygen atoms in total. The maximum absolute atomic E-state index is 13.1. The molecule has 0 spiro atoms. The summed E-state index contributed by atoms with van der Waals surface area (Å²) >= 11 is 0. The molecule has 17 heavy (non-hydrogen) atoms. The highest BCUT2D eigenvalue weighted by Gasteiger charge is 2.20. The van der Waals surface area contributed by atoms with Crippen LogP contribution in [0.1, 0.15) is 5.56 Å². The molecule has 1 atom stereocenters. The van der Waals surface area contributed by atoms with Crippen LogP contribution in [0.3, 0.4) is 0 Å². The summed E-state index contributed by atoms with van der Waals surface area (Å²) in [6.07, 6.45) is 2.20. The predicted molar refractivity (Wildman–Crippen MR) is 60.7 cm³/mol.